The van der Waals surface area contributed by atoms with E-state index in [4.69, 9.17) is 12.2 Å². The maximum absolute atomic E-state index is 5.34. The molecule has 1 aromatic heterocycles. The minimum atomic E-state index is 0.469. The molecule has 0 saturated carbocycles. The average molecular weight is 377 g/mol. The lowest BCUT2D eigenvalue weighted by atomic mass is 10.1. The van der Waals surface area contributed by atoms with Crippen LogP contribution in [0.1, 0.15) is 27.9 Å². The van der Waals surface area contributed by atoms with E-state index >= 15 is 0 Å². The van der Waals surface area contributed by atoms with E-state index in [1.165, 1.54) is 16.7 Å². The number of rotatable bonds is 5. The van der Waals surface area contributed by atoms with Gasteiger partial charge in [0.25, 0.3) is 0 Å². The molecule has 0 fully saturated rings. The van der Waals surface area contributed by atoms with Crippen LogP contribution in [0.5, 0.6) is 0 Å². The number of benzene rings is 2. The third-order valence-electron chi connectivity index (χ3n) is 4.34. The third kappa shape index (κ3) is 5.28. The Bertz CT molecular complexity index is 955. The van der Waals surface area contributed by atoms with Gasteiger partial charge < -0.3 is 9.88 Å². The molecule has 27 heavy (non-hydrogen) atoms. The summed E-state index contributed by atoms with van der Waals surface area (Å²) >= 11 is 5.34. The largest absolute Gasteiger partial charge is 0.342 e. The highest BCUT2D eigenvalue weighted by Crippen LogP contribution is 2.16. The standard InChI is InChI=1S/C22H24N4S/c1-16-7-10-19(11-8-16)15-26-12-4-5-20(26)14-23-25-22(27)24-21-13-17(2)6-9-18(21)3/h4-14H,15H2,1-3H3,(H2,24,25,27). The predicted octanol–water partition coefficient (Wildman–Crippen LogP) is 4.78. The van der Waals surface area contributed by atoms with Crippen LogP contribution in [0.15, 0.2) is 65.9 Å². The molecule has 0 aliphatic heterocycles. The zero-order chi connectivity index (χ0) is 19.2. The van der Waals surface area contributed by atoms with Crippen molar-refractivity contribution in [2.24, 2.45) is 5.10 Å². The van der Waals surface area contributed by atoms with Crippen LogP contribution in [0.2, 0.25) is 0 Å². The molecule has 0 bridgehead atoms. The highest BCUT2D eigenvalue weighted by molar-refractivity contribution is 7.80. The fraction of sp³-hybridized carbons (Fsp3) is 0.182. The number of nitrogens with one attached hydrogen (secondary N) is 2. The van der Waals surface area contributed by atoms with Gasteiger partial charge in [0.15, 0.2) is 5.11 Å². The Morgan fingerprint density at radius 2 is 1.78 bits per heavy atom. The highest BCUT2D eigenvalue weighted by atomic mass is 32.1. The molecule has 0 aliphatic carbocycles. The Kier molecular flexibility index (Phi) is 6.04. The summed E-state index contributed by atoms with van der Waals surface area (Å²) in [5, 5.41) is 7.94. The molecular weight excluding hydrogens is 352 g/mol. The fourth-order valence-electron chi connectivity index (χ4n) is 2.76. The summed E-state index contributed by atoms with van der Waals surface area (Å²) in [7, 11) is 0. The maximum atomic E-state index is 5.34. The molecule has 2 aromatic carbocycles. The van der Waals surface area contributed by atoms with Crippen molar-refractivity contribution >= 4 is 29.2 Å². The van der Waals surface area contributed by atoms with Crippen molar-refractivity contribution in [2.75, 3.05) is 5.32 Å². The molecule has 138 valence electrons. The number of thiocarbonyl (C=S) groups is 1. The number of aromatic nitrogens is 1. The first-order valence-corrected chi connectivity index (χ1v) is 9.30. The van der Waals surface area contributed by atoms with Crippen LogP contribution in [0.25, 0.3) is 0 Å². The fourth-order valence-corrected chi connectivity index (χ4v) is 2.92. The summed E-state index contributed by atoms with van der Waals surface area (Å²) in [5.41, 5.74) is 9.74. The van der Waals surface area contributed by atoms with Gasteiger partial charge in [0, 0.05) is 18.4 Å². The van der Waals surface area contributed by atoms with Gasteiger partial charge in [-0.1, -0.05) is 42.0 Å². The minimum absolute atomic E-state index is 0.469. The van der Waals surface area contributed by atoms with Gasteiger partial charge in [-0.3, -0.25) is 5.43 Å². The van der Waals surface area contributed by atoms with Crippen molar-refractivity contribution in [2.45, 2.75) is 27.3 Å². The van der Waals surface area contributed by atoms with E-state index < -0.39 is 0 Å². The van der Waals surface area contributed by atoms with E-state index in [1.54, 1.807) is 6.21 Å². The van der Waals surface area contributed by atoms with Gasteiger partial charge in [-0.2, -0.15) is 5.10 Å². The van der Waals surface area contributed by atoms with Crippen molar-refractivity contribution < 1.29 is 0 Å². The number of anilines is 1. The molecule has 0 atom stereocenters. The van der Waals surface area contributed by atoms with E-state index in [0.29, 0.717) is 5.11 Å². The van der Waals surface area contributed by atoms with E-state index in [9.17, 15) is 0 Å². The molecule has 0 unspecified atom stereocenters. The molecule has 0 aliphatic rings. The van der Waals surface area contributed by atoms with Gasteiger partial charge in [-0.05, 0) is 67.9 Å². The van der Waals surface area contributed by atoms with Crippen LogP contribution >= 0.6 is 12.2 Å². The van der Waals surface area contributed by atoms with Crippen LogP contribution < -0.4 is 10.7 Å². The van der Waals surface area contributed by atoms with Crippen molar-refractivity contribution in [1.82, 2.24) is 9.99 Å². The van der Waals surface area contributed by atoms with Gasteiger partial charge in [0.05, 0.1) is 11.9 Å². The molecule has 0 amide bonds. The molecule has 1 heterocycles. The second-order valence-electron chi connectivity index (χ2n) is 6.69. The molecule has 0 spiro atoms. The number of hydrogen-bond donors (Lipinski definition) is 2. The second-order valence-corrected chi connectivity index (χ2v) is 7.10. The van der Waals surface area contributed by atoms with Crippen LogP contribution in [0.4, 0.5) is 5.69 Å². The smallest absolute Gasteiger partial charge is 0.191 e. The van der Waals surface area contributed by atoms with Crippen LogP contribution in [0.3, 0.4) is 0 Å². The summed E-state index contributed by atoms with van der Waals surface area (Å²) in [6.45, 7) is 7.01. The zero-order valence-corrected chi connectivity index (χ0v) is 16.7. The van der Waals surface area contributed by atoms with Gasteiger partial charge in [-0.15, -0.1) is 0 Å². The second kappa shape index (κ2) is 8.64. The molecule has 3 rings (SSSR count). The van der Waals surface area contributed by atoms with Crippen LogP contribution in [0, 0.1) is 20.8 Å². The summed E-state index contributed by atoms with van der Waals surface area (Å²) in [4.78, 5) is 0. The first-order chi connectivity index (χ1) is 13.0. The van der Waals surface area contributed by atoms with Crippen molar-refractivity contribution in [1.29, 1.82) is 0 Å². The maximum Gasteiger partial charge on any atom is 0.191 e. The quantitative estimate of drug-likeness (QED) is 0.382. The molecule has 4 nitrogen and oxygen atoms in total. The SMILES string of the molecule is Cc1ccc(Cn2cccc2C=NNC(=S)Nc2cc(C)ccc2C)cc1. The Morgan fingerprint density at radius 3 is 2.56 bits per heavy atom. The van der Waals surface area contributed by atoms with Gasteiger partial charge in [-0.25, -0.2) is 0 Å². The first-order valence-electron chi connectivity index (χ1n) is 8.89. The summed E-state index contributed by atoms with van der Waals surface area (Å²) in [6.07, 6.45) is 3.83. The zero-order valence-electron chi connectivity index (χ0n) is 15.9. The molecule has 5 heteroatoms. The van der Waals surface area contributed by atoms with Crippen molar-refractivity contribution in [3.63, 3.8) is 0 Å². The normalized spacial score (nSPS) is 10.9. The van der Waals surface area contributed by atoms with Crippen LogP contribution in [-0.2, 0) is 6.54 Å². The Hall–Kier alpha value is -2.92. The molecular formula is C22H24N4S. The Balaban J connectivity index is 1.60. The lowest BCUT2D eigenvalue weighted by Crippen LogP contribution is -2.24. The number of aryl methyl sites for hydroxylation is 3. The van der Waals surface area contributed by atoms with E-state index in [-0.39, 0.29) is 0 Å². The number of hydrogen-bond acceptors (Lipinski definition) is 2. The lowest BCUT2D eigenvalue weighted by molar-refractivity contribution is 0.798. The molecule has 2 N–H and O–H groups in total. The molecule has 3 aromatic rings. The lowest BCUT2D eigenvalue weighted by Gasteiger charge is -2.11. The number of hydrazone groups is 1. The monoisotopic (exact) mass is 376 g/mol. The minimum Gasteiger partial charge on any atom is -0.342 e. The third-order valence-corrected chi connectivity index (χ3v) is 4.54. The summed E-state index contributed by atoms with van der Waals surface area (Å²) in [5.74, 6) is 0. The first kappa shape index (κ1) is 18.9. The van der Waals surface area contributed by atoms with Gasteiger partial charge in [0.2, 0.25) is 0 Å². The highest BCUT2D eigenvalue weighted by Gasteiger charge is 2.02. The van der Waals surface area contributed by atoms with Crippen molar-refractivity contribution in [3.8, 4) is 0 Å². The summed E-state index contributed by atoms with van der Waals surface area (Å²) < 4.78 is 2.15. The predicted molar refractivity (Wildman–Crippen MR) is 118 cm³/mol. The van der Waals surface area contributed by atoms with Crippen LogP contribution in [-0.4, -0.2) is 15.9 Å². The van der Waals surface area contributed by atoms with Gasteiger partial charge in [0.1, 0.15) is 0 Å². The van der Waals surface area contributed by atoms with E-state index in [1.807, 2.05) is 25.3 Å². The van der Waals surface area contributed by atoms with Gasteiger partial charge >= 0.3 is 0 Å². The topological polar surface area (TPSA) is 41.4 Å². The number of nitrogens with zero attached hydrogens (tertiary/aromatic N) is 2. The Morgan fingerprint density at radius 1 is 1.04 bits per heavy atom. The Labute approximate surface area is 165 Å². The van der Waals surface area contributed by atoms with E-state index in [2.05, 4.69) is 76.7 Å². The van der Waals surface area contributed by atoms with E-state index in [0.717, 1.165) is 23.5 Å². The van der Waals surface area contributed by atoms with Crippen molar-refractivity contribution in [3.05, 3.63) is 88.7 Å². The molecule has 0 saturated heterocycles. The molecule has 0 radical (unpaired) electrons. The summed E-state index contributed by atoms with van der Waals surface area (Å²) in [6, 6.07) is 18.8. The average Bonchev–Trinajstić information content (AvgIpc) is 3.07.